The third-order valence-electron chi connectivity index (χ3n) is 9.50. The first-order valence-corrected chi connectivity index (χ1v) is 17.1. The summed E-state index contributed by atoms with van der Waals surface area (Å²) in [6.07, 6.45) is -27.2. The summed E-state index contributed by atoms with van der Waals surface area (Å²) in [6, 6.07) is -1.28. The van der Waals surface area contributed by atoms with Gasteiger partial charge in [0.25, 0.3) is 0 Å². The first-order chi connectivity index (χ1) is 23.7. The van der Waals surface area contributed by atoms with Gasteiger partial charge in [-0.15, -0.1) is 0 Å². The van der Waals surface area contributed by atoms with E-state index in [1.54, 1.807) is 6.92 Å². The highest BCUT2D eigenvalue weighted by atomic mass is 16.7. The third kappa shape index (κ3) is 9.29. The van der Waals surface area contributed by atoms with E-state index in [0.29, 0.717) is 0 Å². The first kappa shape index (κ1) is 43.2. The van der Waals surface area contributed by atoms with Gasteiger partial charge in [0, 0.05) is 20.5 Å². The predicted octanol–water partition coefficient (Wildman–Crippen LogP) is -5.02. The molecule has 0 aromatic carbocycles. The molecule has 4 fully saturated rings. The van der Waals surface area contributed by atoms with Gasteiger partial charge in [-0.05, 0) is 13.3 Å². The van der Waals surface area contributed by atoms with Crippen molar-refractivity contribution >= 4 is 5.91 Å². The molecule has 0 radical (unpaired) electrons. The molecule has 20 atom stereocenters. The Morgan fingerprint density at radius 2 is 1.14 bits per heavy atom. The summed E-state index contributed by atoms with van der Waals surface area (Å²) in [4.78, 5) is 12.1. The van der Waals surface area contributed by atoms with Crippen LogP contribution in [0.1, 0.15) is 47.5 Å². The summed E-state index contributed by atoms with van der Waals surface area (Å²) in [5, 5.41) is 108. The van der Waals surface area contributed by atoms with Crippen molar-refractivity contribution in [3.63, 3.8) is 0 Å². The van der Waals surface area contributed by atoms with Crippen molar-refractivity contribution in [3.8, 4) is 0 Å². The Balaban J connectivity index is 0.00000332. The second-order valence-electron chi connectivity index (χ2n) is 12.7. The van der Waals surface area contributed by atoms with Crippen LogP contribution in [0, 0.1) is 0 Å². The Morgan fingerprint density at radius 1 is 0.620 bits per heavy atom. The Labute approximate surface area is 290 Å². The number of nitrogens with one attached hydrogen (secondary N) is 1. The van der Waals surface area contributed by atoms with Crippen molar-refractivity contribution in [2.45, 2.75) is 170 Å². The molecule has 0 bridgehead atoms. The fourth-order valence-corrected chi connectivity index (χ4v) is 6.78. The fraction of sp³-hybridized carbons (Fsp3) is 0.968. The van der Waals surface area contributed by atoms with Crippen LogP contribution in [0.25, 0.3) is 0 Å². The van der Waals surface area contributed by atoms with Gasteiger partial charge in [-0.3, -0.25) is 4.79 Å². The summed E-state index contributed by atoms with van der Waals surface area (Å²) in [6.45, 7) is 6.97. The van der Waals surface area contributed by atoms with Gasteiger partial charge >= 0.3 is 0 Å². The number of amides is 1. The lowest BCUT2D eigenvalue weighted by atomic mass is 9.87. The molecule has 294 valence electrons. The van der Waals surface area contributed by atoms with Crippen molar-refractivity contribution in [2.75, 3.05) is 20.3 Å². The van der Waals surface area contributed by atoms with Crippen LogP contribution in [0.5, 0.6) is 0 Å². The van der Waals surface area contributed by atoms with Crippen LogP contribution in [0.4, 0.5) is 0 Å². The molecular formula is C31H57NO18. The molecular weight excluding hydrogens is 674 g/mol. The van der Waals surface area contributed by atoms with Crippen molar-refractivity contribution in [1.29, 1.82) is 0 Å². The molecule has 1 amide bonds. The normalized spacial score (nSPS) is 48.3. The number of methoxy groups -OCH3 is 1. The van der Waals surface area contributed by atoms with E-state index in [4.69, 9.17) is 33.2 Å². The number of hydrogen-bond acceptors (Lipinski definition) is 18. The molecule has 19 heteroatoms. The zero-order valence-corrected chi connectivity index (χ0v) is 29.1. The molecule has 4 saturated heterocycles. The first-order valence-electron chi connectivity index (χ1n) is 17.1. The quantitative estimate of drug-likeness (QED) is 0.0948. The lowest BCUT2D eigenvalue weighted by Crippen LogP contribution is -2.68. The van der Waals surface area contributed by atoms with E-state index in [1.807, 2.05) is 13.8 Å². The zero-order valence-electron chi connectivity index (χ0n) is 29.1. The van der Waals surface area contributed by atoms with Crippen LogP contribution in [0.15, 0.2) is 0 Å². The highest BCUT2D eigenvalue weighted by molar-refractivity contribution is 5.73. The van der Waals surface area contributed by atoms with Crippen LogP contribution in [-0.4, -0.2) is 200 Å². The summed E-state index contributed by atoms with van der Waals surface area (Å²) in [5.41, 5.74) is 0. The molecule has 0 saturated carbocycles. The number of carbonyl (C=O) groups is 1. The van der Waals surface area contributed by atoms with Crippen LogP contribution < -0.4 is 5.32 Å². The maximum atomic E-state index is 12.1. The molecule has 4 rings (SSSR count). The van der Waals surface area contributed by atoms with Gasteiger partial charge < -0.3 is 89.5 Å². The maximum absolute atomic E-state index is 12.1. The minimum absolute atomic E-state index is 0.222. The topological polar surface area (TPSA) is 296 Å². The maximum Gasteiger partial charge on any atom is 0.217 e. The van der Waals surface area contributed by atoms with Gasteiger partial charge in [0.2, 0.25) is 5.91 Å². The van der Waals surface area contributed by atoms with Crippen molar-refractivity contribution in [2.24, 2.45) is 0 Å². The number of rotatable bonds is 11. The van der Waals surface area contributed by atoms with Gasteiger partial charge in [0.1, 0.15) is 85.4 Å². The highest BCUT2D eigenvalue weighted by Crippen LogP contribution is 2.36. The minimum atomic E-state index is -1.78. The largest absolute Gasteiger partial charge is 0.394 e. The summed E-state index contributed by atoms with van der Waals surface area (Å²) in [5.74, 6) is -0.576. The Bertz CT molecular complexity index is 1030. The average Bonchev–Trinajstić information content (AvgIpc) is 3.10. The van der Waals surface area contributed by atoms with Crippen molar-refractivity contribution < 1.29 is 89.0 Å². The molecule has 4 aliphatic heterocycles. The van der Waals surface area contributed by atoms with Gasteiger partial charge in [0.15, 0.2) is 12.6 Å². The number of aliphatic hydroxyl groups is 10. The van der Waals surface area contributed by atoms with E-state index in [2.05, 4.69) is 5.32 Å². The predicted molar refractivity (Wildman–Crippen MR) is 167 cm³/mol. The van der Waals surface area contributed by atoms with Gasteiger partial charge in [-0.25, -0.2) is 0 Å². The molecule has 0 aromatic rings. The van der Waals surface area contributed by atoms with Gasteiger partial charge in [-0.2, -0.15) is 0 Å². The highest BCUT2D eigenvalue weighted by Gasteiger charge is 2.54. The number of carbonyl (C=O) groups excluding carboxylic acids is 1. The Kier molecular flexibility index (Phi) is 16.6. The van der Waals surface area contributed by atoms with Gasteiger partial charge in [0.05, 0.1) is 37.6 Å². The van der Waals surface area contributed by atoms with Crippen molar-refractivity contribution in [1.82, 2.24) is 5.32 Å². The van der Waals surface area contributed by atoms with Crippen LogP contribution in [0.2, 0.25) is 0 Å². The van der Waals surface area contributed by atoms with Crippen LogP contribution >= 0.6 is 0 Å². The second-order valence-corrected chi connectivity index (χ2v) is 12.7. The fourth-order valence-electron chi connectivity index (χ4n) is 6.78. The molecule has 19 nitrogen and oxygen atoms in total. The molecule has 12 unspecified atom stereocenters. The van der Waals surface area contributed by atoms with E-state index < -0.39 is 142 Å². The summed E-state index contributed by atoms with van der Waals surface area (Å²) >= 11 is 0. The smallest absolute Gasteiger partial charge is 0.217 e. The molecule has 11 N–H and O–H groups in total. The lowest BCUT2D eigenvalue weighted by Gasteiger charge is -2.50. The molecule has 0 aliphatic carbocycles. The molecule has 50 heavy (non-hydrogen) atoms. The Morgan fingerprint density at radius 3 is 1.68 bits per heavy atom. The molecule has 4 aliphatic rings. The van der Waals surface area contributed by atoms with E-state index in [1.165, 1.54) is 21.0 Å². The monoisotopic (exact) mass is 731 g/mol. The average molecular weight is 732 g/mol. The SMILES string of the molecule is CC.CCC1O[C@H](OC2C(O)[C@H](O)C(CO)O[C@H]2CC2O[C@@H](C)C(O)C(O)[C@@H]2O[C@@H]2OC(CO)[C@H](OC)C(O)C2NC(C)=O)C(O)C(O)[C@@H]1O. The van der Waals surface area contributed by atoms with E-state index in [-0.39, 0.29) is 12.8 Å². The molecule has 0 aromatic heterocycles. The zero-order chi connectivity index (χ0) is 37.6. The number of ether oxygens (including phenoxy) is 7. The Hall–Kier alpha value is -1.21. The third-order valence-corrected chi connectivity index (χ3v) is 9.50. The summed E-state index contributed by atoms with van der Waals surface area (Å²) in [7, 11) is 1.27. The summed E-state index contributed by atoms with van der Waals surface area (Å²) < 4.78 is 40.7. The van der Waals surface area contributed by atoms with Crippen molar-refractivity contribution in [3.05, 3.63) is 0 Å². The lowest BCUT2D eigenvalue weighted by molar-refractivity contribution is -0.346. The number of hydrogen-bond donors (Lipinski definition) is 11. The minimum Gasteiger partial charge on any atom is -0.394 e. The van der Waals surface area contributed by atoms with E-state index >= 15 is 0 Å². The molecule has 4 heterocycles. The van der Waals surface area contributed by atoms with Gasteiger partial charge in [-0.1, -0.05) is 20.8 Å². The van der Waals surface area contributed by atoms with E-state index in [0.717, 1.165) is 0 Å². The second kappa shape index (κ2) is 19.2. The van der Waals surface area contributed by atoms with E-state index in [9.17, 15) is 55.9 Å². The molecule has 0 spiro atoms. The number of aliphatic hydroxyl groups excluding tert-OH is 10. The standard InChI is InChI=1S/C29H51NO18.C2H6/c1-5-11-18(35)21(38)24(41)29(45-11)48-27-13(44-14(7-31)19(36)23(27)40)6-12-26(22(39)17(34)9(2)43-12)47-28-16(30-10(3)33)20(37)25(42-4)15(8-32)46-28;1-2/h9,11-29,31-32,34-41H,5-8H2,1-4H3,(H,30,33);1-2H3/t9-,11?,12?,13-,14?,15?,16?,17?,18+,19+,20?,21?,22?,23?,24?,25-,26+,27?,28-,29+;/m0./s1. The van der Waals surface area contributed by atoms with Crippen LogP contribution in [-0.2, 0) is 38.0 Å². The van der Waals surface area contributed by atoms with Crippen LogP contribution in [0.3, 0.4) is 0 Å².